The van der Waals surface area contributed by atoms with Gasteiger partial charge in [-0.15, -0.1) is 0 Å². The molecular formula is C37H76FN3O. The lowest BCUT2D eigenvalue weighted by Gasteiger charge is -2.39. The molecule has 0 spiro atoms. The smallest absolute Gasteiger partial charge is 0.194 e. The molecule has 0 aliphatic carbocycles. The topological polar surface area (TPSA) is 57.5 Å². The number of hydrogen-bond donors (Lipinski definition) is 2. The van der Waals surface area contributed by atoms with Gasteiger partial charge in [-0.25, -0.2) is 4.99 Å². The van der Waals surface area contributed by atoms with Crippen molar-refractivity contribution in [3.63, 3.8) is 0 Å². The predicted octanol–water partition coefficient (Wildman–Crippen LogP) is 12.5. The number of hydrogen-bond acceptors (Lipinski definition) is 4. The molecule has 0 saturated carbocycles. The van der Waals surface area contributed by atoms with E-state index in [-0.39, 0.29) is 18.0 Å². The molecule has 2 aliphatic heterocycles. The maximum Gasteiger partial charge on any atom is 0.194 e. The number of nitrogens with zero attached hydrogens (tertiary/aromatic N) is 1. The van der Waals surface area contributed by atoms with Crippen LogP contribution in [0.25, 0.3) is 0 Å². The zero-order chi connectivity index (χ0) is 32.8. The Morgan fingerprint density at radius 2 is 1.55 bits per heavy atom. The summed E-state index contributed by atoms with van der Waals surface area (Å²) in [4.78, 5) is 4.13. The first-order valence-electron chi connectivity index (χ1n) is 18.0. The number of rotatable bonds is 13. The van der Waals surface area contributed by atoms with Crippen LogP contribution in [0.4, 0.5) is 4.39 Å². The lowest BCUT2D eigenvalue weighted by molar-refractivity contribution is 0.141. The summed E-state index contributed by atoms with van der Waals surface area (Å²) in [6, 6.07) is 0. The molecule has 5 heteroatoms. The number of halogens is 1. The second-order valence-corrected chi connectivity index (χ2v) is 12.1. The van der Waals surface area contributed by atoms with Gasteiger partial charge in [0.15, 0.2) is 11.9 Å². The van der Waals surface area contributed by atoms with Crippen molar-refractivity contribution in [3.05, 3.63) is 11.8 Å². The highest BCUT2D eigenvalue weighted by molar-refractivity contribution is 5.86. The third-order valence-electron chi connectivity index (χ3n) is 7.74. The number of allylic oxidation sites excluding steroid dienone is 1. The van der Waals surface area contributed by atoms with E-state index in [9.17, 15) is 4.39 Å². The van der Waals surface area contributed by atoms with E-state index in [0.29, 0.717) is 31.0 Å². The zero-order valence-corrected chi connectivity index (χ0v) is 30.6. The highest BCUT2D eigenvalue weighted by Gasteiger charge is 2.43. The number of ether oxygens (including phenoxy) is 1. The van der Waals surface area contributed by atoms with E-state index >= 15 is 0 Å². The maximum absolute atomic E-state index is 13.7. The molecule has 42 heavy (non-hydrogen) atoms. The van der Waals surface area contributed by atoms with E-state index in [1.54, 1.807) is 0 Å². The molecule has 0 amide bonds. The molecule has 0 aromatic heterocycles. The highest BCUT2D eigenvalue weighted by Crippen LogP contribution is 2.39. The molecule has 4 atom stereocenters. The summed E-state index contributed by atoms with van der Waals surface area (Å²) in [5.41, 5.74) is 0.0638. The van der Waals surface area contributed by atoms with E-state index in [1.807, 2.05) is 26.8 Å². The molecule has 252 valence electrons. The van der Waals surface area contributed by atoms with Crippen LogP contribution in [0, 0.1) is 22.7 Å². The molecule has 0 aromatic rings. The summed E-state index contributed by atoms with van der Waals surface area (Å²) in [5, 5.41) is 11.9. The molecule has 0 aromatic carbocycles. The largest absolute Gasteiger partial charge is 0.477 e. The molecule has 0 radical (unpaired) electrons. The minimum absolute atomic E-state index is 0.00531. The Kier molecular flexibility index (Phi) is 33.6. The fourth-order valence-electron chi connectivity index (χ4n) is 4.52. The average Bonchev–Trinajstić information content (AvgIpc) is 3.01. The Balaban J connectivity index is -0.000000663. The summed E-state index contributed by atoms with van der Waals surface area (Å²) in [6.07, 6.45) is 19.1. The van der Waals surface area contributed by atoms with Gasteiger partial charge in [0.25, 0.3) is 0 Å². The van der Waals surface area contributed by atoms with Crippen molar-refractivity contribution in [2.24, 2.45) is 22.2 Å². The van der Waals surface area contributed by atoms with Gasteiger partial charge in [0.1, 0.15) is 0 Å². The normalized spacial score (nSPS) is 19.6. The summed E-state index contributed by atoms with van der Waals surface area (Å²) in [7, 11) is 0. The molecule has 1 fully saturated rings. The minimum atomic E-state index is -0.611. The van der Waals surface area contributed by atoms with Crippen molar-refractivity contribution in [3.8, 4) is 0 Å². The van der Waals surface area contributed by atoms with Crippen molar-refractivity contribution in [2.45, 2.75) is 186 Å². The van der Waals surface area contributed by atoms with Crippen LogP contribution >= 0.6 is 0 Å². The predicted molar refractivity (Wildman–Crippen MR) is 189 cm³/mol. The van der Waals surface area contributed by atoms with Crippen LogP contribution in [0.3, 0.4) is 0 Å². The van der Waals surface area contributed by atoms with Crippen LogP contribution in [0.1, 0.15) is 179 Å². The molecule has 2 aliphatic rings. The van der Waals surface area contributed by atoms with E-state index in [2.05, 4.69) is 72.6 Å². The molecule has 2 rings (SSSR count). The van der Waals surface area contributed by atoms with Crippen LogP contribution in [-0.4, -0.2) is 31.1 Å². The van der Waals surface area contributed by atoms with Gasteiger partial charge in [0.05, 0.1) is 17.2 Å². The summed E-state index contributed by atoms with van der Waals surface area (Å²) in [5.74, 6) is 1.44. The molecule has 2 N–H and O–H groups in total. The molecule has 0 bridgehead atoms. The summed E-state index contributed by atoms with van der Waals surface area (Å²) in [6.45, 7) is 27.4. The number of piperidine rings is 1. The van der Waals surface area contributed by atoms with Crippen molar-refractivity contribution < 1.29 is 9.13 Å². The standard InChI is InChI=1S/C18H30FN3O.C10H22.C4H10.C3H8.C2H6/c1-4-13(2)11-14(3)23-17(20)18(9-6-10-21-12-18)15-7-5-8-16(19)22-15;1-4-6-7-8-9-10(3)5-2;1-3-4-2;1-3-2;1-2/h7,13-14,20-21H,4-6,8-12H2,1-3H3;10H,4-9H2,1-3H3;3-4H2,1-2H3;3H2,1-2H3;1-2H3. The zero-order valence-electron chi connectivity index (χ0n) is 30.6. The van der Waals surface area contributed by atoms with Crippen LogP contribution in [0.5, 0.6) is 0 Å². The second-order valence-electron chi connectivity index (χ2n) is 12.1. The quantitative estimate of drug-likeness (QED) is 0.126. The summed E-state index contributed by atoms with van der Waals surface area (Å²) >= 11 is 0. The van der Waals surface area contributed by atoms with Crippen molar-refractivity contribution >= 4 is 11.9 Å². The van der Waals surface area contributed by atoms with E-state index in [4.69, 9.17) is 10.1 Å². The molecule has 4 unspecified atom stereocenters. The molecule has 2 heterocycles. The van der Waals surface area contributed by atoms with Gasteiger partial charge in [0.2, 0.25) is 0 Å². The second kappa shape index (κ2) is 31.2. The van der Waals surface area contributed by atoms with Crippen molar-refractivity contribution in [1.82, 2.24) is 5.32 Å². The first kappa shape index (κ1) is 45.2. The maximum atomic E-state index is 13.7. The Bertz CT molecular complexity index is 653. The fraction of sp³-hybridized carbons (Fsp3) is 0.892. The van der Waals surface area contributed by atoms with Crippen LogP contribution in [-0.2, 0) is 4.74 Å². The van der Waals surface area contributed by atoms with Gasteiger partial charge in [-0.2, -0.15) is 4.39 Å². The van der Waals surface area contributed by atoms with Gasteiger partial charge >= 0.3 is 0 Å². The molecule has 4 nitrogen and oxygen atoms in total. The Labute approximate surface area is 264 Å². The van der Waals surface area contributed by atoms with Gasteiger partial charge in [0, 0.05) is 13.0 Å². The third-order valence-corrected chi connectivity index (χ3v) is 7.74. The Morgan fingerprint density at radius 1 is 0.952 bits per heavy atom. The SMILES string of the molecule is CC.CCC.CCC(C)CC(C)OC(=N)C1(C2=CCCC(F)=N2)CCCNC1.CCCC.CCCCCCC(C)CC. The van der Waals surface area contributed by atoms with Gasteiger partial charge in [-0.1, -0.05) is 146 Å². The number of unbranched alkanes of at least 4 members (excludes halogenated alkanes) is 4. The highest BCUT2D eigenvalue weighted by atomic mass is 19.1. The Hall–Kier alpha value is -1.23. The van der Waals surface area contributed by atoms with Crippen LogP contribution < -0.4 is 5.32 Å². The molecular weight excluding hydrogens is 521 g/mol. The van der Waals surface area contributed by atoms with Gasteiger partial charge in [-0.05, 0) is 51.0 Å². The van der Waals surface area contributed by atoms with Crippen LogP contribution in [0.15, 0.2) is 16.8 Å². The number of nitrogens with one attached hydrogen (secondary N) is 2. The third kappa shape index (κ3) is 22.3. The van der Waals surface area contributed by atoms with E-state index < -0.39 is 5.41 Å². The van der Waals surface area contributed by atoms with Crippen LogP contribution in [0.2, 0.25) is 0 Å². The van der Waals surface area contributed by atoms with Gasteiger partial charge in [-0.3, -0.25) is 5.41 Å². The van der Waals surface area contributed by atoms with E-state index in [0.717, 1.165) is 38.1 Å². The first-order valence-corrected chi connectivity index (χ1v) is 18.0. The average molecular weight is 598 g/mol. The fourth-order valence-corrected chi connectivity index (χ4v) is 4.52. The molecule has 1 saturated heterocycles. The summed E-state index contributed by atoms with van der Waals surface area (Å²) < 4.78 is 19.6. The lowest BCUT2D eigenvalue weighted by Crippen LogP contribution is -2.48. The Morgan fingerprint density at radius 3 is 2.00 bits per heavy atom. The van der Waals surface area contributed by atoms with E-state index in [1.165, 1.54) is 57.8 Å². The number of aliphatic imine (C=N–C) groups is 1. The minimum Gasteiger partial charge on any atom is -0.477 e. The van der Waals surface area contributed by atoms with Crippen molar-refractivity contribution in [1.29, 1.82) is 5.41 Å². The van der Waals surface area contributed by atoms with Gasteiger partial charge < -0.3 is 10.1 Å². The first-order chi connectivity index (χ1) is 20.1. The van der Waals surface area contributed by atoms with Crippen molar-refractivity contribution in [2.75, 3.05) is 13.1 Å². The monoisotopic (exact) mass is 598 g/mol. The lowest BCUT2D eigenvalue weighted by atomic mass is 9.76.